The molecular formula is C42H52N4O5. The SMILES string of the molecule is CCNC(=O)c1cccc(-c2cccc([C@H]3CCN(C(=O)OC(C)(C)C)C[C@@H]3C(=O)N(Cc3cn(CCCOC)c4ccccc34)C3CC3)c2)c1. The lowest BCUT2D eigenvalue weighted by Crippen LogP contribution is -2.51. The van der Waals surface area contributed by atoms with Crippen LogP contribution in [0.2, 0.25) is 0 Å². The van der Waals surface area contributed by atoms with Crippen LogP contribution in [0.4, 0.5) is 4.79 Å². The number of para-hydroxylation sites is 1. The van der Waals surface area contributed by atoms with E-state index in [1.54, 1.807) is 12.0 Å². The van der Waals surface area contributed by atoms with Gasteiger partial charge in [-0.15, -0.1) is 0 Å². The highest BCUT2D eigenvalue weighted by atomic mass is 16.6. The standard InChI is InChI=1S/C42H52N4O5/c1-6-43-39(47)32-15-10-13-30(25-32)29-12-9-14-31(24-29)35-20-22-45(41(49)51-42(2,3)4)28-37(35)40(48)46(34-18-19-34)27-33-26-44(21-11-23-50-5)38-17-8-7-16-36(33)38/h7-10,12-17,24-26,34-35,37H,6,11,18-23,27-28H2,1-5H3,(H,43,47)/t35-,37+/m1/s1. The van der Waals surface area contributed by atoms with Gasteiger partial charge in [0.05, 0.1) is 5.92 Å². The van der Waals surface area contributed by atoms with Crippen LogP contribution in [0.25, 0.3) is 22.0 Å². The number of amides is 3. The summed E-state index contributed by atoms with van der Waals surface area (Å²) >= 11 is 0. The zero-order valence-corrected chi connectivity index (χ0v) is 30.7. The van der Waals surface area contributed by atoms with Crippen LogP contribution in [0.1, 0.15) is 80.8 Å². The van der Waals surface area contributed by atoms with E-state index >= 15 is 0 Å². The zero-order chi connectivity index (χ0) is 36.1. The maximum atomic E-state index is 15.0. The normalized spacial score (nSPS) is 17.7. The Hall–Kier alpha value is -4.63. The molecule has 1 saturated carbocycles. The van der Waals surface area contributed by atoms with Crippen LogP contribution in [-0.4, -0.2) is 77.3 Å². The number of rotatable bonds is 12. The largest absolute Gasteiger partial charge is 0.444 e. The number of carbonyl (C=O) groups is 3. The number of piperidine rings is 1. The van der Waals surface area contributed by atoms with Gasteiger partial charge in [-0.25, -0.2) is 4.79 Å². The van der Waals surface area contributed by atoms with Gasteiger partial charge in [-0.3, -0.25) is 9.59 Å². The van der Waals surface area contributed by atoms with E-state index in [0.717, 1.165) is 59.0 Å². The number of carbonyl (C=O) groups excluding carboxylic acids is 3. The second-order valence-corrected chi connectivity index (χ2v) is 14.9. The van der Waals surface area contributed by atoms with Crippen LogP contribution >= 0.6 is 0 Å². The minimum Gasteiger partial charge on any atom is -0.444 e. The van der Waals surface area contributed by atoms with Crippen LogP contribution in [-0.2, 0) is 27.4 Å². The molecule has 2 aliphatic rings. The van der Waals surface area contributed by atoms with Crippen LogP contribution < -0.4 is 5.32 Å². The number of aryl methyl sites for hydroxylation is 1. The number of fused-ring (bicyclic) bond motifs is 1. The zero-order valence-electron chi connectivity index (χ0n) is 30.7. The average Bonchev–Trinajstić information content (AvgIpc) is 3.91. The van der Waals surface area contributed by atoms with Crippen molar-refractivity contribution in [2.75, 3.05) is 33.4 Å². The van der Waals surface area contributed by atoms with E-state index in [0.29, 0.717) is 38.2 Å². The molecule has 3 aromatic carbocycles. The van der Waals surface area contributed by atoms with Crippen molar-refractivity contribution >= 4 is 28.8 Å². The number of nitrogens with one attached hydrogen (secondary N) is 1. The Morgan fingerprint density at radius 3 is 2.41 bits per heavy atom. The first kappa shape index (κ1) is 36.2. The highest BCUT2D eigenvalue weighted by molar-refractivity contribution is 5.95. The van der Waals surface area contributed by atoms with Crippen LogP contribution in [0.5, 0.6) is 0 Å². The molecule has 0 bridgehead atoms. The first-order chi connectivity index (χ1) is 24.6. The molecule has 2 fully saturated rings. The number of benzene rings is 3. The van der Waals surface area contributed by atoms with Crippen LogP contribution in [0.3, 0.4) is 0 Å². The van der Waals surface area contributed by atoms with Gasteiger partial charge in [0, 0.05) is 75.1 Å². The van der Waals surface area contributed by atoms with Gasteiger partial charge in [0.1, 0.15) is 5.60 Å². The topological polar surface area (TPSA) is 93.1 Å². The summed E-state index contributed by atoms with van der Waals surface area (Å²) in [5, 5.41) is 4.04. The molecule has 1 aliphatic heterocycles. The van der Waals surface area contributed by atoms with Crippen molar-refractivity contribution in [2.45, 2.75) is 84.0 Å². The molecule has 4 aromatic rings. The third-order valence-corrected chi connectivity index (χ3v) is 9.92. The van der Waals surface area contributed by atoms with E-state index in [4.69, 9.17) is 9.47 Å². The molecule has 0 spiro atoms. The maximum absolute atomic E-state index is 15.0. The van der Waals surface area contributed by atoms with Crippen LogP contribution in [0, 0.1) is 5.92 Å². The van der Waals surface area contributed by atoms with Gasteiger partial charge < -0.3 is 29.2 Å². The first-order valence-electron chi connectivity index (χ1n) is 18.4. The number of hydrogen-bond donors (Lipinski definition) is 1. The van der Waals surface area contributed by atoms with Gasteiger partial charge in [-0.05, 0) is 99.7 Å². The predicted octanol–water partition coefficient (Wildman–Crippen LogP) is 7.63. The molecule has 9 nitrogen and oxygen atoms in total. The summed E-state index contributed by atoms with van der Waals surface area (Å²) in [6.45, 7) is 10.9. The highest BCUT2D eigenvalue weighted by Gasteiger charge is 2.43. The number of aromatic nitrogens is 1. The summed E-state index contributed by atoms with van der Waals surface area (Å²) in [7, 11) is 1.73. The van der Waals surface area contributed by atoms with Crippen molar-refractivity contribution in [2.24, 2.45) is 5.92 Å². The number of likely N-dealkylation sites (tertiary alicyclic amines) is 1. The molecule has 1 aliphatic carbocycles. The molecule has 0 unspecified atom stereocenters. The molecule has 9 heteroatoms. The maximum Gasteiger partial charge on any atom is 0.410 e. The summed E-state index contributed by atoms with van der Waals surface area (Å²) < 4.78 is 13.4. The van der Waals surface area contributed by atoms with Crippen molar-refractivity contribution in [3.8, 4) is 11.1 Å². The van der Waals surface area contributed by atoms with E-state index in [-0.39, 0.29) is 36.4 Å². The van der Waals surface area contributed by atoms with Gasteiger partial charge in [-0.1, -0.05) is 54.6 Å². The lowest BCUT2D eigenvalue weighted by atomic mass is 9.78. The summed E-state index contributed by atoms with van der Waals surface area (Å²) in [5.41, 5.74) is 5.25. The molecule has 2 heterocycles. The van der Waals surface area contributed by atoms with Gasteiger partial charge in [-0.2, -0.15) is 0 Å². The number of methoxy groups -OCH3 is 1. The van der Waals surface area contributed by atoms with E-state index < -0.39 is 11.5 Å². The number of ether oxygens (including phenoxy) is 2. The lowest BCUT2D eigenvalue weighted by Gasteiger charge is -2.40. The third kappa shape index (κ3) is 8.64. The van der Waals surface area contributed by atoms with Crippen molar-refractivity contribution in [1.29, 1.82) is 0 Å². The molecule has 1 aromatic heterocycles. The Morgan fingerprint density at radius 1 is 0.941 bits per heavy atom. The fraction of sp³-hybridized carbons (Fsp3) is 0.452. The smallest absolute Gasteiger partial charge is 0.410 e. The Balaban J connectivity index is 1.32. The molecule has 1 saturated heterocycles. The van der Waals surface area contributed by atoms with Crippen molar-refractivity contribution < 1.29 is 23.9 Å². The third-order valence-electron chi connectivity index (χ3n) is 9.92. The van der Waals surface area contributed by atoms with Gasteiger partial charge in [0.25, 0.3) is 5.91 Å². The summed E-state index contributed by atoms with van der Waals surface area (Å²) in [6.07, 6.45) is 5.31. The highest BCUT2D eigenvalue weighted by Crippen LogP contribution is 2.40. The molecule has 51 heavy (non-hydrogen) atoms. The quantitative estimate of drug-likeness (QED) is 0.154. The minimum atomic E-state index is -0.637. The average molecular weight is 693 g/mol. The van der Waals surface area contributed by atoms with Crippen molar-refractivity contribution in [1.82, 2.24) is 19.7 Å². The Bertz CT molecular complexity index is 1860. The fourth-order valence-corrected chi connectivity index (χ4v) is 7.33. The number of hydrogen-bond acceptors (Lipinski definition) is 5. The molecule has 1 N–H and O–H groups in total. The van der Waals surface area contributed by atoms with E-state index in [1.165, 1.54) is 0 Å². The van der Waals surface area contributed by atoms with Crippen LogP contribution in [0.15, 0.2) is 79.0 Å². The minimum absolute atomic E-state index is 0.0793. The Labute approximate surface area is 301 Å². The Kier molecular flexibility index (Phi) is 11.2. The summed E-state index contributed by atoms with van der Waals surface area (Å²) in [4.78, 5) is 44.8. The molecule has 0 radical (unpaired) electrons. The second-order valence-electron chi connectivity index (χ2n) is 14.9. The van der Waals surface area contributed by atoms with E-state index in [9.17, 15) is 14.4 Å². The molecular weight excluding hydrogens is 640 g/mol. The monoisotopic (exact) mass is 692 g/mol. The molecule has 3 amide bonds. The fourth-order valence-electron chi connectivity index (χ4n) is 7.33. The molecule has 6 rings (SSSR count). The van der Waals surface area contributed by atoms with Crippen molar-refractivity contribution in [3.63, 3.8) is 0 Å². The van der Waals surface area contributed by atoms with Gasteiger partial charge in [0.15, 0.2) is 0 Å². The number of nitrogens with zero attached hydrogens (tertiary/aromatic N) is 3. The van der Waals surface area contributed by atoms with E-state index in [1.807, 2.05) is 64.1 Å². The molecule has 270 valence electrons. The van der Waals surface area contributed by atoms with Gasteiger partial charge in [0.2, 0.25) is 5.91 Å². The summed E-state index contributed by atoms with van der Waals surface area (Å²) in [5.74, 6) is -0.567. The Morgan fingerprint density at radius 2 is 1.69 bits per heavy atom. The van der Waals surface area contributed by atoms with Crippen molar-refractivity contribution in [3.05, 3.63) is 95.7 Å². The molecule has 2 atom stereocenters. The lowest BCUT2D eigenvalue weighted by molar-refractivity contribution is -0.139. The predicted molar refractivity (Wildman–Crippen MR) is 201 cm³/mol. The van der Waals surface area contributed by atoms with E-state index in [2.05, 4.69) is 57.4 Å². The second kappa shape index (κ2) is 15.7. The van der Waals surface area contributed by atoms with Gasteiger partial charge >= 0.3 is 6.09 Å². The first-order valence-corrected chi connectivity index (χ1v) is 18.4. The summed E-state index contributed by atoms with van der Waals surface area (Å²) in [6, 6.07) is 24.6.